The van der Waals surface area contributed by atoms with Crippen LogP contribution in [0.3, 0.4) is 0 Å². The van der Waals surface area contributed by atoms with Gasteiger partial charge in [0.15, 0.2) is 0 Å². The largest absolute Gasteiger partial charge is 0.335 e. The second kappa shape index (κ2) is 16.5. The van der Waals surface area contributed by atoms with Gasteiger partial charge in [0, 0.05) is 65.3 Å². The number of rotatable bonds is 3. The molecule has 404 valence electrons. The fourth-order valence-corrected chi connectivity index (χ4v) is 17.5. The summed E-state index contributed by atoms with van der Waals surface area (Å²) in [5, 5.41) is 2.66. The van der Waals surface area contributed by atoms with Crippen molar-refractivity contribution in [1.29, 1.82) is 0 Å². The first-order valence-electron chi connectivity index (χ1n) is 31.6. The number of hydrogen-bond donors (Lipinski definition) is 0. The van der Waals surface area contributed by atoms with Gasteiger partial charge in [0.2, 0.25) is 0 Å². The van der Waals surface area contributed by atoms with Gasteiger partial charge in [0.25, 0.3) is 6.71 Å². The molecular formula is C74H84BN3S. The lowest BCUT2D eigenvalue weighted by molar-refractivity contribution is 0.194. The van der Waals surface area contributed by atoms with Crippen LogP contribution in [0, 0.1) is 0 Å². The molecule has 4 atom stereocenters. The highest BCUT2D eigenvalue weighted by molar-refractivity contribution is 7.28. The van der Waals surface area contributed by atoms with Crippen LogP contribution in [0.1, 0.15) is 200 Å². The van der Waals surface area contributed by atoms with E-state index in [4.69, 9.17) is 0 Å². The van der Waals surface area contributed by atoms with E-state index in [9.17, 15) is 4.11 Å². The molecular weight excluding hydrogens is 974 g/mol. The monoisotopic (exact) mass is 1060 g/mol. The predicted molar refractivity (Wildman–Crippen MR) is 345 cm³/mol. The van der Waals surface area contributed by atoms with Crippen LogP contribution in [-0.2, 0) is 32.5 Å². The van der Waals surface area contributed by atoms with E-state index in [0.29, 0.717) is 11.6 Å². The lowest BCUT2D eigenvalue weighted by Crippen LogP contribution is -2.64. The molecule has 0 N–H and O–H groups in total. The van der Waals surface area contributed by atoms with Crippen molar-refractivity contribution in [2.45, 2.75) is 206 Å². The zero-order valence-corrected chi connectivity index (χ0v) is 51.1. The van der Waals surface area contributed by atoms with Crippen LogP contribution in [0.2, 0.25) is 0 Å². The van der Waals surface area contributed by atoms with Gasteiger partial charge in [-0.05, 0) is 170 Å². The molecule has 6 aliphatic rings. The van der Waals surface area contributed by atoms with E-state index in [1.165, 1.54) is 106 Å². The Morgan fingerprint density at radius 1 is 0.494 bits per heavy atom. The van der Waals surface area contributed by atoms with E-state index in [0.717, 1.165) is 61.2 Å². The quantitative estimate of drug-likeness (QED) is 0.163. The first-order chi connectivity index (χ1) is 38.4. The van der Waals surface area contributed by atoms with Crippen molar-refractivity contribution in [3.05, 3.63) is 155 Å². The third-order valence-corrected chi connectivity index (χ3v) is 22.6. The first-order valence-corrected chi connectivity index (χ1v) is 30.9. The van der Waals surface area contributed by atoms with E-state index >= 15 is 0 Å². The topological polar surface area (TPSA) is 9.72 Å². The molecule has 0 bridgehead atoms. The summed E-state index contributed by atoms with van der Waals surface area (Å²) in [4.78, 5) is 8.12. The third kappa shape index (κ3) is 6.96. The van der Waals surface area contributed by atoms with Crippen molar-refractivity contribution in [1.82, 2.24) is 0 Å². The number of fused-ring (bicyclic) bond motifs is 14. The van der Waals surface area contributed by atoms with Crippen LogP contribution >= 0.6 is 11.3 Å². The van der Waals surface area contributed by atoms with Gasteiger partial charge in [-0.2, -0.15) is 0 Å². The Hall–Kier alpha value is -5.78. The molecule has 4 unspecified atom stereocenters. The summed E-state index contributed by atoms with van der Waals surface area (Å²) in [5.41, 5.74) is 19.8. The standard InChI is InChI=1S/C74H84BN3S/c1-67(2,3)46-26-30-57(52(38-46)45-24-18-17-19-25-45)76-59-32-29-51-53-39-47(68(4,5)6)28-33-62(53)79-66(51)64(59)75-56-42-49(70(10,11)12)41-55-65(56)78(74(16)37-23-21-35-72(55,74)14)61-44-50(43-60(76)63(61)75)77-58-31-27-48(69(7,8)9)40-54(58)71(13)34-20-22-36-73(71,77)15/h17-19,24-33,38-44H,20-23,34-37H2,1-16H3/i27D,31D,40D. The molecule has 0 amide bonds. The van der Waals surface area contributed by atoms with Crippen molar-refractivity contribution < 1.29 is 4.11 Å². The van der Waals surface area contributed by atoms with Crippen molar-refractivity contribution in [2.75, 3.05) is 14.7 Å². The van der Waals surface area contributed by atoms with Gasteiger partial charge in [-0.1, -0.05) is 195 Å². The Kier molecular flexibility index (Phi) is 9.99. The predicted octanol–water partition coefficient (Wildman–Crippen LogP) is 19.0. The number of benzene rings is 7. The van der Waals surface area contributed by atoms with Gasteiger partial charge in [0.1, 0.15) is 0 Å². The number of nitrogens with zero attached hydrogens (tertiary/aromatic N) is 3. The Labute approximate surface area is 482 Å². The molecule has 2 fully saturated rings. The Balaban J connectivity index is 1.18. The summed E-state index contributed by atoms with van der Waals surface area (Å²) in [6.45, 7) is 37.6. The SMILES string of the molecule is [2H]c1c([2H])c(C(C)(C)C)c([2H])c2c1N(c1cc3c4c(c1)N1c5c(cc(C(C)(C)C)cc5C5(C)CCCCC15C)B4c1c(ccc4c1sc1ccc(C(C)(C)C)cc14)N3c1ccc(C(C)(C)C)cc1-c1ccccc1)C1(C)CCCCC21C. The molecule has 5 heterocycles. The molecule has 0 saturated heterocycles. The second-order valence-electron chi connectivity index (χ2n) is 30.2. The minimum absolute atomic E-state index is 0.00208. The highest BCUT2D eigenvalue weighted by atomic mass is 32.1. The van der Waals surface area contributed by atoms with Crippen LogP contribution in [0.5, 0.6) is 0 Å². The molecule has 5 heteroatoms. The van der Waals surface area contributed by atoms with Crippen molar-refractivity contribution in [3.63, 3.8) is 0 Å². The van der Waals surface area contributed by atoms with Gasteiger partial charge < -0.3 is 14.7 Å². The Morgan fingerprint density at radius 2 is 1.09 bits per heavy atom. The maximum atomic E-state index is 10.4. The Bertz CT molecular complexity index is 4070. The number of anilines is 7. The third-order valence-electron chi connectivity index (χ3n) is 21.4. The van der Waals surface area contributed by atoms with E-state index in [1.54, 1.807) is 0 Å². The first kappa shape index (κ1) is 48.0. The lowest BCUT2D eigenvalue weighted by Gasteiger charge is -2.54. The van der Waals surface area contributed by atoms with Crippen molar-refractivity contribution in [2.24, 2.45) is 0 Å². The summed E-state index contributed by atoms with van der Waals surface area (Å²) in [6.07, 6.45) is 8.56. The summed E-state index contributed by atoms with van der Waals surface area (Å²) in [5.74, 6) is 0. The average molecular weight is 1060 g/mol. The molecule has 2 saturated carbocycles. The fourth-order valence-electron chi connectivity index (χ4n) is 16.2. The molecule has 1 aromatic heterocycles. The molecule has 4 aliphatic heterocycles. The molecule has 0 spiro atoms. The highest BCUT2D eigenvalue weighted by Gasteiger charge is 2.63. The molecule has 0 radical (unpaired) electrons. The fraction of sp³-hybridized carbons (Fsp3) is 0.432. The molecule has 14 rings (SSSR count). The summed E-state index contributed by atoms with van der Waals surface area (Å²) in [6, 6.07) is 41.9. The summed E-state index contributed by atoms with van der Waals surface area (Å²) in [7, 11) is 0. The molecule has 79 heavy (non-hydrogen) atoms. The summed E-state index contributed by atoms with van der Waals surface area (Å²) >= 11 is 1.98. The second-order valence-corrected chi connectivity index (χ2v) is 31.2. The smallest absolute Gasteiger partial charge is 0.254 e. The van der Waals surface area contributed by atoms with Crippen molar-refractivity contribution >= 4 is 94.4 Å². The van der Waals surface area contributed by atoms with Crippen molar-refractivity contribution in [3.8, 4) is 11.1 Å². The van der Waals surface area contributed by atoms with Gasteiger partial charge >= 0.3 is 0 Å². The number of thiophene rings is 1. The van der Waals surface area contributed by atoms with Gasteiger partial charge in [-0.25, -0.2) is 0 Å². The Morgan fingerprint density at radius 3 is 1.76 bits per heavy atom. The van der Waals surface area contributed by atoms with Crippen LogP contribution < -0.4 is 31.1 Å². The normalized spacial score (nSPS) is 24.7. The van der Waals surface area contributed by atoms with Crippen LogP contribution in [0.4, 0.5) is 39.8 Å². The highest BCUT2D eigenvalue weighted by Crippen LogP contribution is 2.66. The lowest BCUT2D eigenvalue weighted by atomic mass is 9.33. The maximum Gasteiger partial charge on any atom is 0.254 e. The maximum absolute atomic E-state index is 10.4. The van der Waals surface area contributed by atoms with Gasteiger partial charge in [-0.3, -0.25) is 0 Å². The van der Waals surface area contributed by atoms with E-state index in [1.807, 2.05) is 11.3 Å². The zero-order valence-electron chi connectivity index (χ0n) is 53.3. The van der Waals surface area contributed by atoms with E-state index in [2.05, 4.69) is 229 Å². The van der Waals surface area contributed by atoms with Crippen LogP contribution in [0.15, 0.2) is 121 Å². The van der Waals surface area contributed by atoms with E-state index in [-0.39, 0.29) is 46.0 Å². The van der Waals surface area contributed by atoms with E-state index < -0.39 is 16.4 Å². The minimum Gasteiger partial charge on any atom is -0.335 e. The molecule has 8 aromatic rings. The zero-order chi connectivity index (χ0) is 58.1. The van der Waals surface area contributed by atoms with Gasteiger partial charge in [-0.15, -0.1) is 11.3 Å². The van der Waals surface area contributed by atoms with Gasteiger partial charge in [0.05, 0.1) is 20.9 Å². The average Bonchev–Trinajstić information content (AvgIpc) is 1.95. The molecule has 7 aromatic carbocycles. The van der Waals surface area contributed by atoms with Crippen LogP contribution in [-0.4, -0.2) is 17.8 Å². The minimum atomic E-state index is -0.480. The number of hydrogen-bond acceptors (Lipinski definition) is 4. The van der Waals surface area contributed by atoms with Crippen LogP contribution in [0.25, 0.3) is 31.3 Å². The molecule has 3 nitrogen and oxygen atoms in total. The summed E-state index contributed by atoms with van der Waals surface area (Å²) < 4.78 is 33.3. The molecule has 2 aliphatic carbocycles.